The number of rotatable bonds is 7. The van der Waals surface area contributed by atoms with Crippen molar-refractivity contribution in [2.75, 3.05) is 18.6 Å². The first-order valence-electron chi connectivity index (χ1n) is 6.79. The molecule has 0 saturated heterocycles. The molecule has 1 aliphatic rings. The molecular weight excluding hydrogens is 292 g/mol. The maximum Gasteiger partial charge on any atom is 0.305 e. The Morgan fingerprint density at radius 3 is 2.64 bits per heavy atom. The van der Waals surface area contributed by atoms with E-state index in [1.165, 1.54) is 30.2 Å². The summed E-state index contributed by atoms with van der Waals surface area (Å²) in [6.45, 7) is -0.0534. The number of non-ortho nitro benzene ring substituents is 1. The molecule has 0 atom stereocenters. The van der Waals surface area contributed by atoms with Gasteiger partial charge in [-0.3, -0.25) is 19.7 Å². The van der Waals surface area contributed by atoms with E-state index in [1.807, 2.05) is 0 Å². The van der Waals surface area contributed by atoms with E-state index in [9.17, 15) is 19.7 Å². The molecule has 22 heavy (non-hydrogen) atoms. The van der Waals surface area contributed by atoms with Gasteiger partial charge in [-0.15, -0.1) is 0 Å². The second-order valence-corrected chi connectivity index (χ2v) is 5.02. The Kier molecular flexibility index (Phi) is 4.59. The third-order valence-corrected chi connectivity index (χ3v) is 3.41. The fraction of sp³-hybridized carbons (Fsp3) is 0.429. The van der Waals surface area contributed by atoms with E-state index >= 15 is 0 Å². The van der Waals surface area contributed by atoms with Crippen LogP contribution in [0.15, 0.2) is 18.2 Å². The molecule has 0 unspecified atom stereocenters. The lowest BCUT2D eigenvalue weighted by Crippen LogP contribution is -2.34. The SMILES string of the molecule is COc1ccc([N+](=O)[O-])cc1N(CCC(=O)O)C(=O)C1CC1. The van der Waals surface area contributed by atoms with Crippen LogP contribution in [-0.2, 0) is 9.59 Å². The molecule has 0 heterocycles. The minimum absolute atomic E-state index is 0.0534. The van der Waals surface area contributed by atoms with Gasteiger partial charge in [-0.2, -0.15) is 0 Å². The van der Waals surface area contributed by atoms with Gasteiger partial charge in [0, 0.05) is 24.6 Å². The van der Waals surface area contributed by atoms with Crippen molar-refractivity contribution in [3.8, 4) is 5.75 Å². The van der Waals surface area contributed by atoms with Crippen LogP contribution in [0.5, 0.6) is 5.75 Å². The summed E-state index contributed by atoms with van der Waals surface area (Å²) < 4.78 is 5.15. The van der Waals surface area contributed by atoms with Crippen molar-refractivity contribution < 1.29 is 24.4 Å². The van der Waals surface area contributed by atoms with Crippen LogP contribution < -0.4 is 9.64 Å². The number of nitro benzene ring substituents is 1. The van der Waals surface area contributed by atoms with Crippen LogP contribution in [0.1, 0.15) is 19.3 Å². The Balaban J connectivity index is 2.39. The van der Waals surface area contributed by atoms with Gasteiger partial charge < -0.3 is 14.7 Å². The van der Waals surface area contributed by atoms with E-state index in [4.69, 9.17) is 9.84 Å². The number of carbonyl (C=O) groups excluding carboxylic acids is 1. The highest BCUT2D eigenvalue weighted by molar-refractivity contribution is 5.98. The molecule has 1 saturated carbocycles. The fourth-order valence-electron chi connectivity index (χ4n) is 2.11. The van der Waals surface area contributed by atoms with Crippen molar-refractivity contribution in [2.45, 2.75) is 19.3 Å². The highest BCUT2D eigenvalue weighted by Gasteiger charge is 2.35. The smallest absolute Gasteiger partial charge is 0.305 e. The van der Waals surface area contributed by atoms with Gasteiger partial charge in [0.1, 0.15) is 5.75 Å². The number of methoxy groups -OCH3 is 1. The van der Waals surface area contributed by atoms with Gasteiger partial charge >= 0.3 is 5.97 Å². The molecule has 0 bridgehead atoms. The topological polar surface area (TPSA) is 110 Å². The molecule has 8 heteroatoms. The molecule has 0 aliphatic heterocycles. The number of carboxylic acids is 1. The molecule has 1 amide bonds. The zero-order valence-electron chi connectivity index (χ0n) is 12.0. The molecule has 1 aromatic carbocycles. The van der Waals surface area contributed by atoms with Gasteiger partial charge in [0.2, 0.25) is 5.91 Å². The number of nitrogens with zero attached hydrogens (tertiary/aromatic N) is 2. The van der Waals surface area contributed by atoms with Crippen LogP contribution in [0.25, 0.3) is 0 Å². The molecule has 2 rings (SSSR count). The molecule has 0 aromatic heterocycles. The maximum atomic E-state index is 12.4. The van der Waals surface area contributed by atoms with E-state index in [-0.39, 0.29) is 36.2 Å². The van der Waals surface area contributed by atoms with Crippen molar-refractivity contribution in [1.82, 2.24) is 0 Å². The summed E-state index contributed by atoms with van der Waals surface area (Å²) >= 11 is 0. The number of carbonyl (C=O) groups is 2. The predicted octanol–water partition coefficient (Wildman–Crippen LogP) is 1.82. The van der Waals surface area contributed by atoms with Gasteiger partial charge in [0.15, 0.2) is 0 Å². The minimum atomic E-state index is -1.04. The van der Waals surface area contributed by atoms with Crippen LogP contribution in [0.3, 0.4) is 0 Å². The number of benzene rings is 1. The molecule has 1 fully saturated rings. The monoisotopic (exact) mass is 308 g/mol. The number of ether oxygens (including phenoxy) is 1. The number of hydrogen-bond acceptors (Lipinski definition) is 5. The normalized spacial score (nSPS) is 13.5. The molecule has 118 valence electrons. The van der Waals surface area contributed by atoms with Crippen molar-refractivity contribution in [3.05, 3.63) is 28.3 Å². The summed E-state index contributed by atoms with van der Waals surface area (Å²) in [5.74, 6) is -1.11. The first kappa shape index (κ1) is 15.7. The van der Waals surface area contributed by atoms with Crippen molar-refractivity contribution in [2.24, 2.45) is 5.92 Å². The van der Waals surface area contributed by atoms with Crippen molar-refractivity contribution in [1.29, 1.82) is 0 Å². The summed E-state index contributed by atoms with van der Waals surface area (Å²) in [7, 11) is 1.39. The maximum absolute atomic E-state index is 12.4. The number of amides is 1. The van der Waals surface area contributed by atoms with E-state index in [2.05, 4.69) is 0 Å². The predicted molar refractivity (Wildman–Crippen MR) is 77.0 cm³/mol. The first-order valence-corrected chi connectivity index (χ1v) is 6.79. The first-order chi connectivity index (χ1) is 10.4. The van der Waals surface area contributed by atoms with E-state index in [0.717, 1.165) is 12.8 Å². The summed E-state index contributed by atoms with van der Waals surface area (Å²) in [6.07, 6.45) is 1.25. The number of aliphatic carboxylic acids is 1. The van der Waals surface area contributed by atoms with Crippen LogP contribution in [0.2, 0.25) is 0 Å². The van der Waals surface area contributed by atoms with Crippen LogP contribution in [0, 0.1) is 16.0 Å². The molecule has 8 nitrogen and oxygen atoms in total. The van der Waals surface area contributed by atoms with Gasteiger partial charge in [0.25, 0.3) is 5.69 Å². The van der Waals surface area contributed by atoms with Crippen LogP contribution in [-0.4, -0.2) is 35.6 Å². The zero-order valence-corrected chi connectivity index (χ0v) is 12.0. The van der Waals surface area contributed by atoms with E-state index < -0.39 is 10.9 Å². The quantitative estimate of drug-likeness (QED) is 0.607. The number of nitro groups is 1. The van der Waals surface area contributed by atoms with Gasteiger partial charge in [-0.05, 0) is 18.9 Å². The lowest BCUT2D eigenvalue weighted by Gasteiger charge is -2.24. The highest BCUT2D eigenvalue weighted by Crippen LogP contribution is 2.37. The molecule has 1 N–H and O–H groups in total. The average Bonchev–Trinajstić information content (AvgIpc) is 3.31. The fourth-order valence-corrected chi connectivity index (χ4v) is 2.11. The Labute approximate surface area is 126 Å². The van der Waals surface area contributed by atoms with Crippen molar-refractivity contribution in [3.63, 3.8) is 0 Å². The highest BCUT2D eigenvalue weighted by atomic mass is 16.6. The Bertz CT molecular complexity index is 611. The van der Waals surface area contributed by atoms with Crippen molar-refractivity contribution >= 4 is 23.3 Å². The van der Waals surface area contributed by atoms with Gasteiger partial charge in [-0.1, -0.05) is 0 Å². The Morgan fingerprint density at radius 2 is 2.14 bits per heavy atom. The molecular formula is C14H16N2O6. The summed E-state index contributed by atoms with van der Waals surface area (Å²) in [4.78, 5) is 34.8. The van der Waals surface area contributed by atoms with Crippen LogP contribution >= 0.6 is 0 Å². The summed E-state index contributed by atoms with van der Waals surface area (Å²) in [6, 6.07) is 3.92. The number of carboxylic acid groups (broad SMARTS) is 1. The third-order valence-electron chi connectivity index (χ3n) is 3.41. The Morgan fingerprint density at radius 1 is 1.45 bits per heavy atom. The average molecular weight is 308 g/mol. The molecule has 1 aliphatic carbocycles. The number of hydrogen-bond donors (Lipinski definition) is 1. The Hall–Kier alpha value is -2.64. The third kappa shape index (κ3) is 3.51. The standard InChI is InChI=1S/C14H16N2O6/c1-22-12-5-4-10(16(20)21)8-11(12)15(7-6-13(17)18)14(19)9-2-3-9/h4-5,8-9H,2-3,6-7H2,1H3,(H,17,18). The van der Waals surface area contributed by atoms with Gasteiger partial charge in [0.05, 0.1) is 24.1 Å². The second kappa shape index (κ2) is 6.42. The van der Waals surface area contributed by atoms with Gasteiger partial charge in [-0.25, -0.2) is 0 Å². The summed E-state index contributed by atoms with van der Waals surface area (Å²) in [5, 5.41) is 19.8. The molecule has 0 spiro atoms. The molecule has 0 radical (unpaired) electrons. The van der Waals surface area contributed by atoms with Crippen LogP contribution in [0.4, 0.5) is 11.4 Å². The molecule has 1 aromatic rings. The second-order valence-electron chi connectivity index (χ2n) is 5.02. The van der Waals surface area contributed by atoms with E-state index in [1.54, 1.807) is 0 Å². The largest absolute Gasteiger partial charge is 0.495 e. The lowest BCUT2D eigenvalue weighted by atomic mass is 10.2. The summed E-state index contributed by atoms with van der Waals surface area (Å²) in [5.41, 5.74) is 0.0505. The lowest BCUT2D eigenvalue weighted by molar-refractivity contribution is -0.384. The van der Waals surface area contributed by atoms with E-state index in [0.29, 0.717) is 5.75 Å². The zero-order chi connectivity index (χ0) is 16.3. The number of anilines is 1. The minimum Gasteiger partial charge on any atom is -0.495 e.